The maximum atomic E-state index is 5.65. The third kappa shape index (κ3) is 3.32. The minimum Gasteiger partial charge on any atom is -0.454 e. The van der Waals surface area contributed by atoms with Gasteiger partial charge in [0, 0.05) is 13.6 Å². The van der Waals surface area contributed by atoms with Crippen LogP contribution < -0.4 is 10.1 Å². The van der Waals surface area contributed by atoms with Crippen LogP contribution in [0, 0.1) is 0 Å². The first kappa shape index (κ1) is 11.7. The standard InChI is InChI=1S/C13H17N3O/c1-3-14-8-11-4-6-12(7-5-11)17-13-9-15-16(2)10-13/h4-7,9-10,14H,3,8H2,1-2H3. The Bertz CT molecular complexity index is 462. The van der Waals surface area contributed by atoms with Crippen molar-refractivity contribution >= 4 is 0 Å². The number of hydrogen-bond acceptors (Lipinski definition) is 3. The van der Waals surface area contributed by atoms with E-state index in [-0.39, 0.29) is 0 Å². The third-order valence-electron chi connectivity index (χ3n) is 2.42. The highest BCUT2D eigenvalue weighted by molar-refractivity contribution is 5.31. The van der Waals surface area contributed by atoms with Crippen LogP contribution in [0.3, 0.4) is 0 Å². The SMILES string of the molecule is CCNCc1ccc(Oc2cnn(C)c2)cc1. The lowest BCUT2D eigenvalue weighted by Gasteiger charge is -2.05. The van der Waals surface area contributed by atoms with Crippen molar-refractivity contribution in [2.75, 3.05) is 6.54 Å². The summed E-state index contributed by atoms with van der Waals surface area (Å²) in [5.74, 6) is 1.59. The van der Waals surface area contributed by atoms with Crippen molar-refractivity contribution in [3.05, 3.63) is 42.2 Å². The van der Waals surface area contributed by atoms with Gasteiger partial charge in [0.05, 0.1) is 12.4 Å². The molecule has 0 amide bonds. The van der Waals surface area contributed by atoms with Crippen molar-refractivity contribution in [1.29, 1.82) is 0 Å². The fraction of sp³-hybridized carbons (Fsp3) is 0.308. The van der Waals surface area contributed by atoms with Crippen molar-refractivity contribution < 1.29 is 4.74 Å². The van der Waals surface area contributed by atoms with E-state index in [2.05, 4.69) is 29.5 Å². The maximum Gasteiger partial charge on any atom is 0.165 e. The smallest absolute Gasteiger partial charge is 0.165 e. The summed E-state index contributed by atoms with van der Waals surface area (Å²) in [5.41, 5.74) is 1.25. The van der Waals surface area contributed by atoms with Crippen LogP contribution in [0.2, 0.25) is 0 Å². The van der Waals surface area contributed by atoms with Crippen molar-refractivity contribution in [2.24, 2.45) is 7.05 Å². The molecule has 0 aliphatic rings. The van der Waals surface area contributed by atoms with Gasteiger partial charge in [-0.05, 0) is 24.2 Å². The number of ether oxygens (including phenoxy) is 1. The average molecular weight is 231 g/mol. The van der Waals surface area contributed by atoms with Crippen LogP contribution in [0.1, 0.15) is 12.5 Å². The highest BCUT2D eigenvalue weighted by atomic mass is 16.5. The Morgan fingerprint density at radius 3 is 2.59 bits per heavy atom. The average Bonchev–Trinajstić information content (AvgIpc) is 2.74. The molecular formula is C13H17N3O. The van der Waals surface area contributed by atoms with Gasteiger partial charge < -0.3 is 10.1 Å². The number of hydrogen-bond donors (Lipinski definition) is 1. The van der Waals surface area contributed by atoms with Crippen molar-refractivity contribution in [3.8, 4) is 11.5 Å². The fourth-order valence-corrected chi connectivity index (χ4v) is 1.53. The minimum absolute atomic E-state index is 0.756. The van der Waals surface area contributed by atoms with E-state index in [4.69, 9.17) is 4.74 Å². The van der Waals surface area contributed by atoms with Crippen LogP contribution >= 0.6 is 0 Å². The molecule has 1 aromatic heterocycles. The summed E-state index contributed by atoms with van der Waals surface area (Å²) in [4.78, 5) is 0. The van der Waals surface area contributed by atoms with Crippen LogP contribution in [0.15, 0.2) is 36.7 Å². The normalized spacial score (nSPS) is 10.5. The summed E-state index contributed by atoms with van der Waals surface area (Å²) < 4.78 is 7.37. The van der Waals surface area contributed by atoms with Crippen LogP contribution in [0.5, 0.6) is 11.5 Å². The van der Waals surface area contributed by atoms with Gasteiger partial charge in [0.15, 0.2) is 5.75 Å². The Hall–Kier alpha value is -1.81. The summed E-state index contributed by atoms with van der Waals surface area (Å²) in [6, 6.07) is 8.07. The van der Waals surface area contributed by atoms with Crippen LogP contribution in [-0.2, 0) is 13.6 Å². The molecule has 90 valence electrons. The zero-order valence-corrected chi connectivity index (χ0v) is 10.2. The molecule has 4 nitrogen and oxygen atoms in total. The van der Waals surface area contributed by atoms with E-state index in [1.54, 1.807) is 10.9 Å². The second-order valence-electron chi connectivity index (χ2n) is 3.88. The summed E-state index contributed by atoms with van der Waals surface area (Å²) >= 11 is 0. The molecule has 1 N–H and O–H groups in total. The van der Waals surface area contributed by atoms with Crippen LogP contribution in [0.25, 0.3) is 0 Å². The monoisotopic (exact) mass is 231 g/mol. The molecule has 0 spiro atoms. The Morgan fingerprint density at radius 1 is 1.24 bits per heavy atom. The molecule has 0 atom stereocenters. The van der Waals surface area contributed by atoms with Crippen molar-refractivity contribution in [1.82, 2.24) is 15.1 Å². The summed E-state index contributed by atoms with van der Waals surface area (Å²) in [6.45, 7) is 3.97. The number of nitrogens with one attached hydrogen (secondary N) is 1. The van der Waals surface area contributed by atoms with Gasteiger partial charge >= 0.3 is 0 Å². The molecule has 0 aliphatic carbocycles. The van der Waals surface area contributed by atoms with Gasteiger partial charge in [-0.25, -0.2) is 0 Å². The molecule has 17 heavy (non-hydrogen) atoms. The molecule has 1 aromatic carbocycles. The first-order chi connectivity index (χ1) is 8.28. The lowest BCUT2D eigenvalue weighted by Crippen LogP contribution is -2.11. The Morgan fingerprint density at radius 2 is 2.00 bits per heavy atom. The predicted octanol–water partition coefficient (Wildman–Crippen LogP) is 2.32. The van der Waals surface area contributed by atoms with E-state index in [1.807, 2.05) is 25.4 Å². The minimum atomic E-state index is 0.756. The lowest BCUT2D eigenvalue weighted by molar-refractivity contribution is 0.481. The summed E-state index contributed by atoms with van der Waals surface area (Å²) in [5, 5.41) is 7.34. The molecule has 0 unspecified atom stereocenters. The first-order valence-electron chi connectivity index (χ1n) is 5.74. The number of benzene rings is 1. The second kappa shape index (κ2) is 5.50. The molecular weight excluding hydrogens is 214 g/mol. The first-order valence-corrected chi connectivity index (χ1v) is 5.74. The molecule has 2 aromatic rings. The van der Waals surface area contributed by atoms with Crippen LogP contribution in [0.4, 0.5) is 0 Å². The third-order valence-corrected chi connectivity index (χ3v) is 2.42. The summed E-state index contributed by atoms with van der Waals surface area (Å²) in [6.07, 6.45) is 3.54. The summed E-state index contributed by atoms with van der Waals surface area (Å²) in [7, 11) is 1.87. The zero-order chi connectivity index (χ0) is 12.1. The van der Waals surface area contributed by atoms with E-state index in [1.165, 1.54) is 5.56 Å². The molecule has 0 aliphatic heterocycles. The van der Waals surface area contributed by atoms with Gasteiger partial charge in [-0.1, -0.05) is 19.1 Å². The molecule has 2 rings (SSSR count). The highest BCUT2D eigenvalue weighted by Crippen LogP contribution is 2.20. The largest absolute Gasteiger partial charge is 0.454 e. The van der Waals surface area contributed by atoms with Gasteiger partial charge in [0.25, 0.3) is 0 Å². The maximum absolute atomic E-state index is 5.65. The predicted molar refractivity (Wildman–Crippen MR) is 67.1 cm³/mol. The van der Waals surface area contributed by atoms with E-state index in [0.29, 0.717) is 0 Å². The van der Waals surface area contributed by atoms with E-state index in [0.717, 1.165) is 24.6 Å². The highest BCUT2D eigenvalue weighted by Gasteiger charge is 1.99. The van der Waals surface area contributed by atoms with Gasteiger partial charge in [0.1, 0.15) is 5.75 Å². The van der Waals surface area contributed by atoms with E-state index in [9.17, 15) is 0 Å². The van der Waals surface area contributed by atoms with Crippen LogP contribution in [-0.4, -0.2) is 16.3 Å². The van der Waals surface area contributed by atoms with E-state index < -0.39 is 0 Å². The molecule has 0 fully saturated rings. The second-order valence-corrected chi connectivity index (χ2v) is 3.88. The zero-order valence-electron chi connectivity index (χ0n) is 10.2. The molecule has 0 saturated carbocycles. The molecule has 0 saturated heterocycles. The van der Waals surface area contributed by atoms with Crippen molar-refractivity contribution in [2.45, 2.75) is 13.5 Å². The number of aryl methyl sites for hydroxylation is 1. The van der Waals surface area contributed by atoms with Gasteiger partial charge in [-0.2, -0.15) is 5.10 Å². The topological polar surface area (TPSA) is 39.1 Å². The number of rotatable bonds is 5. The Kier molecular flexibility index (Phi) is 3.77. The Labute approximate surface area is 101 Å². The van der Waals surface area contributed by atoms with Gasteiger partial charge in [0.2, 0.25) is 0 Å². The Balaban J connectivity index is 1.98. The molecule has 1 heterocycles. The number of aromatic nitrogens is 2. The quantitative estimate of drug-likeness (QED) is 0.858. The molecule has 0 radical (unpaired) electrons. The molecule has 0 bridgehead atoms. The molecule has 4 heteroatoms. The fourth-order valence-electron chi connectivity index (χ4n) is 1.53. The number of nitrogens with zero attached hydrogens (tertiary/aromatic N) is 2. The van der Waals surface area contributed by atoms with Gasteiger partial charge in [-0.3, -0.25) is 4.68 Å². The lowest BCUT2D eigenvalue weighted by atomic mass is 10.2. The van der Waals surface area contributed by atoms with Crippen molar-refractivity contribution in [3.63, 3.8) is 0 Å². The van der Waals surface area contributed by atoms with E-state index >= 15 is 0 Å². The van der Waals surface area contributed by atoms with Gasteiger partial charge in [-0.15, -0.1) is 0 Å².